The number of hydrogen-bond acceptors (Lipinski definition) is 11. The third-order valence-corrected chi connectivity index (χ3v) is 7.85. The van der Waals surface area contributed by atoms with Crippen LogP contribution in [-0.4, -0.2) is 95.0 Å². The van der Waals surface area contributed by atoms with Crippen LogP contribution in [0.15, 0.2) is 54.6 Å². The Morgan fingerprint density at radius 2 is 1.46 bits per heavy atom. The molecule has 14 heteroatoms. The maximum atomic E-state index is 13.4. The predicted molar refractivity (Wildman–Crippen MR) is 170 cm³/mol. The molecule has 0 aliphatic carbocycles. The minimum Gasteiger partial charge on any atom is -0.497 e. The first kappa shape index (κ1) is 35.5. The Morgan fingerprint density at radius 3 is 2.04 bits per heavy atom. The second-order valence-corrected chi connectivity index (χ2v) is 10.9. The summed E-state index contributed by atoms with van der Waals surface area (Å²) in [7, 11) is 7.24. The first-order valence-corrected chi connectivity index (χ1v) is 15.0. The molecule has 2 N–H and O–H groups in total. The SMILES string of the molecule is COCOc1ccc(OC)cc1C(=O)c1ccc(C(=O)O[N+]2(C(=O)O)CCCCC(NC(=O)c3cc(OC)c(OC)c(OC)c3)C2)cc1. The Morgan fingerprint density at radius 1 is 0.792 bits per heavy atom. The molecule has 0 radical (unpaired) electrons. The zero-order chi connectivity index (χ0) is 34.8. The number of carbonyl (C=O) groups is 4. The van der Waals surface area contributed by atoms with Gasteiger partial charge in [0.05, 0.1) is 45.6 Å². The predicted octanol–water partition coefficient (Wildman–Crippen LogP) is 4.48. The average Bonchev–Trinajstić information content (AvgIpc) is 3.32. The van der Waals surface area contributed by atoms with Crippen LogP contribution in [0.25, 0.3) is 0 Å². The second-order valence-electron chi connectivity index (χ2n) is 10.9. The molecule has 1 saturated heterocycles. The summed E-state index contributed by atoms with van der Waals surface area (Å²) in [4.78, 5) is 58.3. The number of nitrogens with zero attached hydrogens (tertiary/aromatic N) is 1. The van der Waals surface area contributed by atoms with Gasteiger partial charge in [-0.2, -0.15) is 4.79 Å². The van der Waals surface area contributed by atoms with Gasteiger partial charge >= 0.3 is 12.1 Å². The lowest BCUT2D eigenvalue weighted by atomic mass is 10.0. The van der Waals surface area contributed by atoms with Crippen molar-refractivity contribution in [1.82, 2.24) is 5.32 Å². The van der Waals surface area contributed by atoms with Crippen molar-refractivity contribution in [3.8, 4) is 28.7 Å². The van der Waals surface area contributed by atoms with Crippen LogP contribution in [0, 0.1) is 0 Å². The zero-order valence-corrected chi connectivity index (χ0v) is 27.4. The fraction of sp³-hybridized carbons (Fsp3) is 0.353. The molecule has 4 rings (SSSR count). The summed E-state index contributed by atoms with van der Waals surface area (Å²) in [6.45, 7) is -0.293. The zero-order valence-electron chi connectivity index (χ0n) is 27.4. The van der Waals surface area contributed by atoms with Gasteiger partial charge in [0.2, 0.25) is 5.75 Å². The first-order valence-electron chi connectivity index (χ1n) is 15.0. The van der Waals surface area contributed by atoms with Crippen molar-refractivity contribution in [2.24, 2.45) is 0 Å². The van der Waals surface area contributed by atoms with Crippen molar-refractivity contribution < 1.29 is 62.2 Å². The Kier molecular flexibility index (Phi) is 11.8. The minimum atomic E-state index is -1.38. The van der Waals surface area contributed by atoms with Crippen LogP contribution >= 0.6 is 0 Å². The molecule has 2 unspecified atom stereocenters. The number of hydroxylamine groups is 3. The summed E-state index contributed by atoms with van der Waals surface area (Å²) >= 11 is 0. The van der Waals surface area contributed by atoms with Gasteiger partial charge in [0, 0.05) is 24.7 Å². The van der Waals surface area contributed by atoms with Crippen LogP contribution in [0.1, 0.15) is 55.9 Å². The number of nitrogens with one attached hydrogen (secondary N) is 1. The summed E-state index contributed by atoms with van der Waals surface area (Å²) in [5.41, 5.74) is 0.712. The highest BCUT2D eigenvalue weighted by atomic mass is 16.8. The lowest BCUT2D eigenvalue weighted by molar-refractivity contribution is -1.03. The second kappa shape index (κ2) is 16.0. The van der Waals surface area contributed by atoms with E-state index in [0.29, 0.717) is 30.8 Å². The number of amides is 2. The Labute approximate surface area is 277 Å². The molecule has 0 saturated carbocycles. The van der Waals surface area contributed by atoms with E-state index < -0.39 is 34.4 Å². The number of carbonyl (C=O) groups excluding carboxylic acids is 3. The normalized spacial score (nSPS) is 17.3. The van der Waals surface area contributed by atoms with Crippen molar-refractivity contribution in [3.05, 3.63) is 76.9 Å². The van der Waals surface area contributed by atoms with E-state index in [1.54, 1.807) is 12.1 Å². The van der Waals surface area contributed by atoms with Crippen LogP contribution in [0.4, 0.5) is 4.79 Å². The number of ether oxygens (including phenoxy) is 6. The fourth-order valence-electron chi connectivity index (χ4n) is 5.38. The molecule has 1 aliphatic rings. The fourth-order valence-corrected chi connectivity index (χ4v) is 5.38. The molecular formula is C34H39N2O12+. The van der Waals surface area contributed by atoms with E-state index in [-0.39, 0.29) is 59.4 Å². The molecule has 1 aliphatic heterocycles. The summed E-state index contributed by atoms with van der Waals surface area (Å²) in [6.07, 6.45) is 0.0866. The summed E-state index contributed by atoms with van der Waals surface area (Å²) in [6, 6.07) is 12.7. The molecule has 1 heterocycles. The number of ketones is 1. The van der Waals surface area contributed by atoms with Crippen LogP contribution in [0.5, 0.6) is 28.7 Å². The van der Waals surface area contributed by atoms with Crippen LogP contribution in [0.3, 0.4) is 0 Å². The number of benzene rings is 3. The average molecular weight is 668 g/mol. The van der Waals surface area contributed by atoms with Crippen LogP contribution in [0.2, 0.25) is 0 Å². The van der Waals surface area contributed by atoms with Gasteiger partial charge in [-0.3, -0.25) is 14.4 Å². The standard InChI is InChI=1S/C34H38N2O12/c1-42-20-47-27-14-13-25(43-2)18-26(27)30(37)21-9-11-22(12-10-21)33(39)48-36(34(40)41)15-7-6-8-24(19-36)35-32(38)23-16-28(44-3)31(46-5)29(17-23)45-4/h9-14,16-18,24H,6-8,15,19-20H2,1-5H3,(H-,35,38,40,41)/p+1. The van der Waals surface area contributed by atoms with Gasteiger partial charge in [0.25, 0.3) is 5.91 Å². The maximum Gasteiger partial charge on any atom is 0.556 e. The lowest BCUT2D eigenvalue weighted by Crippen LogP contribution is -2.58. The Balaban J connectivity index is 1.52. The van der Waals surface area contributed by atoms with Crippen molar-refractivity contribution in [1.29, 1.82) is 0 Å². The van der Waals surface area contributed by atoms with Gasteiger partial charge in [-0.05, 0) is 60.0 Å². The molecule has 14 nitrogen and oxygen atoms in total. The molecule has 3 aromatic rings. The molecular weight excluding hydrogens is 628 g/mol. The quantitative estimate of drug-likeness (QED) is 0.158. The van der Waals surface area contributed by atoms with E-state index in [0.717, 1.165) is 0 Å². The van der Waals surface area contributed by atoms with E-state index in [4.69, 9.17) is 33.3 Å². The number of methoxy groups -OCH3 is 5. The molecule has 256 valence electrons. The van der Waals surface area contributed by atoms with Gasteiger partial charge < -0.3 is 38.8 Å². The highest BCUT2D eigenvalue weighted by Crippen LogP contribution is 2.38. The number of carboxylic acid groups (broad SMARTS) is 1. The third kappa shape index (κ3) is 7.96. The summed E-state index contributed by atoms with van der Waals surface area (Å²) in [5.74, 6) is -0.188. The van der Waals surface area contributed by atoms with E-state index in [1.807, 2.05) is 0 Å². The molecule has 1 fully saturated rings. The van der Waals surface area contributed by atoms with E-state index in [2.05, 4.69) is 5.32 Å². The number of hydrogen-bond donors (Lipinski definition) is 2. The van der Waals surface area contributed by atoms with Crippen molar-refractivity contribution in [2.45, 2.75) is 25.3 Å². The minimum absolute atomic E-state index is 0.00567. The van der Waals surface area contributed by atoms with E-state index in [1.165, 1.54) is 78.0 Å². The Bertz CT molecular complexity index is 1620. The molecule has 0 aromatic heterocycles. The monoisotopic (exact) mass is 667 g/mol. The van der Waals surface area contributed by atoms with E-state index in [9.17, 15) is 24.3 Å². The van der Waals surface area contributed by atoms with Gasteiger partial charge in [-0.25, -0.2) is 4.79 Å². The number of quaternary nitrogens is 1. The van der Waals surface area contributed by atoms with Crippen molar-refractivity contribution in [3.63, 3.8) is 0 Å². The maximum absolute atomic E-state index is 13.4. The Hall–Kier alpha value is -5.34. The van der Waals surface area contributed by atoms with Gasteiger partial charge in [-0.1, -0.05) is 12.1 Å². The summed E-state index contributed by atoms with van der Waals surface area (Å²) in [5, 5.41) is 13.2. The molecule has 0 bridgehead atoms. The summed E-state index contributed by atoms with van der Waals surface area (Å²) < 4.78 is 30.7. The molecule has 0 spiro atoms. The van der Waals surface area contributed by atoms with Crippen LogP contribution in [-0.2, 0) is 9.57 Å². The number of rotatable bonds is 12. The molecule has 3 aromatic carbocycles. The number of likely N-dealkylation sites (tertiary alicyclic amines) is 1. The van der Waals surface area contributed by atoms with Crippen molar-refractivity contribution in [2.75, 3.05) is 55.4 Å². The van der Waals surface area contributed by atoms with E-state index >= 15 is 0 Å². The molecule has 48 heavy (non-hydrogen) atoms. The lowest BCUT2D eigenvalue weighted by Gasteiger charge is -2.30. The first-order chi connectivity index (χ1) is 23.1. The van der Waals surface area contributed by atoms with Gasteiger partial charge in [0.15, 0.2) is 30.6 Å². The highest BCUT2D eigenvalue weighted by molar-refractivity contribution is 6.11. The topological polar surface area (TPSA) is 165 Å². The molecule has 2 amide bonds. The van der Waals surface area contributed by atoms with Gasteiger partial charge in [-0.15, -0.1) is 0 Å². The third-order valence-electron chi connectivity index (χ3n) is 7.85. The molecule has 2 atom stereocenters. The highest BCUT2D eigenvalue weighted by Gasteiger charge is 2.46. The smallest absolute Gasteiger partial charge is 0.497 e. The van der Waals surface area contributed by atoms with Crippen molar-refractivity contribution >= 4 is 23.8 Å². The van der Waals surface area contributed by atoms with Gasteiger partial charge in [0.1, 0.15) is 18.0 Å². The van der Waals surface area contributed by atoms with Crippen LogP contribution < -0.4 is 29.0 Å². The largest absolute Gasteiger partial charge is 0.556 e.